The fraction of sp³-hybridized carbons (Fsp3) is 0.417. The highest BCUT2D eigenvalue weighted by Crippen LogP contribution is 2.20. The summed E-state index contributed by atoms with van der Waals surface area (Å²) in [6.45, 7) is 3.79. The summed E-state index contributed by atoms with van der Waals surface area (Å²) in [7, 11) is 1.70. The molecule has 0 bridgehead atoms. The zero-order valence-electron chi connectivity index (χ0n) is 10.1. The van der Waals surface area contributed by atoms with Crippen molar-refractivity contribution < 1.29 is 4.79 Å². The van der Waals surface area contributed by atoms with Crippen LogP contribution in [-0.2, 0) is 11.3 Å². The van der Waals surface area contributed by atoms with Gasteiger partial charge in [-0.25, -0.2) is 0 Å². The Morgan fingerprint density at radius 3 is 2.18 bits per heavy atom. The number of hydrogen-bond donors (Lipinski definition) is 1. The normalized spacial score (nSPS) is 11.4. The van der Waals surface area contributed by atoms with Crippen molar-refractivity contribution in [1.29, 1.82) is 0 Å². The molecule has 0 unspecified atom stereocenters. The fourth-order valence-electron chi connectivity index (χ4n) is 1.54. The largest absolute Gasteiger partial charge is 0.340 e. The van der Waals surface area contributed by atoms with E-state index >= 15 is 0 Å². The molecule has 2 N–H and O–H groups in total. The summed E-state index contributed by atoms with van der Waals surface area (Å²) in [5.41, 5.74) is 5.75. The minimum absolute atomic E-state index is 0.131. The van der Waals surface area contributed by atoms with Crippen LogP contribution in [0.25, 0.3) is 0 Å². The van der Waals surface area contributed by atoms with E-state index in [0.717, 1.165) is 5.56 Å². The van der Waals surface area contributed by atoms with Gasteiger partial charge in [-0.05, 0) is 37.6 Å². The predicted octanol–water partition coefficient (Wildman–Crippen LogP) is 2.69. The first kappa shape index (κ1) is 14.3. The van der Waals surface area contributed by atoms with Crippen LogP contribution in [0.3, 0.4) is 0 Å². The maximum atomic E-state index is 11.9. The molecule has 0 spiro atoms. The summed E-state index contributed by atoms with van der Waals surface area (Å²) in [6.07, 6.45) is 0. The van der Waals surface area contributed by atoms with Gasteiger partial charge in [-0.2, -0.15) is 0 Å². The Labute approximate surface area is 111 Å². The molecular formula is C12H16Cl2N2O. The van der Waals surface area contributed by atoms with Crippen molar-refractivity contribution in [2.45, 2.75) is 25.9 Å². The van der Waals surface area contributed by atoms with E-state index in [4.69, 9.17) is 28.9 Å². The number of nitrogens with two attached hydrogens (primary N) is 1. The molecule has 5 heteroatoms. The standard InChI is InChI=1S/C12H16Cl2N2O/c1-12(2,15)11(17)16(3)7-8-4-9(13)6-10(14)5-8/h4-6H,7,15H2,1-3H3. The van der Waals surface area contributed by atoms with Crippen LogP contribution in [0.4, 0.5) is 0 Å². The molecular weight excluding hydrogens is 259 g/mol. The second kappa shape index (κ2) is 5.25. The fourth-order valence-corrected chi connectivity index (χ4v) is 2.11. The number of nitrogens with zero attached hydrogens (tertiary/aromatic N) is 1. The minimum atomic E-state index is -0.878. The molecule has 1 aromatic rings. The van der Waals surface area contributed by atoms with Crippen LogP contribution in [0.2, 0.25) is 10.0 Å². The number of likely N-dealkylation sites (N-methyl/N-ethyl adjacent to an activating group) is 1. The zero-order chi connectivity index (χ0) is 13.2. The quantitative estimate of drug-likeness (QED) is 0.921. The van der Waals surface area contributed by atoms with Crippen molar-refractivity contribution in [3.05, 3.63) is 33.8 Å². The van der Waals surface area contributed by atoms with Crippen LogP contribution >= 0.6 is 23.2 Å². The maximum Gasteiger partial charge on any atom is 0.242 e. The number of carbonyl (C=O) groups excluding carboxylic acids is 1. The van der Waals surface area contributed by atoms with Gasteiger partial charge in [-0.3, -0.25) is 4.79 Å². The Balaban J connectivity index is 2.81. The van der Waals surface area contributed by atoms with E-state index in [1.165, 1.54) is 0 Å². The van der Waals surface area contributed by atoms with Gasteiger partial charge in [-0.1, -0.05) is 23.2 Å². The lowest BCUT2D eigenvalue weighted by Crippen LogP contribution is -2.49. The van der Waals surface area contributed by atoms with Crippen molar-refractivity contribution in [2.75, 3.05) is 7.05 Å². The van der Waals surface area contributed by atoms with Crippen molar-refractivity contribution in [3.63, 3.8) is 0 Å². The Bertz CT molecular complexity index is 407. The summed E-state index contributed by atoms with van der Waals surface area (Å²) in [5.74, 6) is -0.131. The second-order valence-corrected chi connectivity index (χ2v) is 5.53. The highest BCUT2D eigenvalue weighted by Gasteiger charge is 2.25. The Hall–Kier alpha value is -0.770. The van der Waals surface area contributed by atoms with Crippen LogP contribution in [0.15, 0.2) is 18.2 Å². The number of benzene rings is 1. The monoisotopic (exact) mass is 274 g/mol. The Kier molecular flexibility index (Phi) is 4.42. The number of hydrogen-bond acceptors (Lipinski definition) is 2. The molecule has 0 aromatic heterocycles. The predicted molar refractivity (Wildman–Crippen MR) is 71.2 cm³/mol. The minimum Gasteiger partial charge on any atom is -0.340 e. The molecule has 3 nitrogen and oxygen atoms in total. The summed E-state index contributed by atoms with van der Waals surface area (Å²) >= 11 is 11.8. The molecule has 1 amide bonds. The van der Waals surface area contributed by atoms with E-state index in [1.54, 1.807) is 44.0 Å². The number of carbonyl (C=O) groups is 1. The summed E-state index contributed by atoms with van der Waals surface area (Å²) in [4.78, 5) is 13.4. The SMILES string of the molecule is CN(Cc1cc(Cl)cc(Cl)c1)C(=O)C(C)(C)N. The first-order valence-corrected chi connectivity index (χ1v) is 5.95. The summed E-state index contributed by atoms with van der Waals surface area (Å²) in [6, 6.07) is 5.21. The van der Waals surface area contributed by atoms with E-state index in [-0.39, 0.29) is 5.91 Å². The van der Waals surface area contributed by atoms with E-state index in [2.05, 4.69) is 0 Å². The second-order valence-electron chi connectivity index (χ2n) is 4.66. The van der Waals surface area contributed by atoms with E-state index < -0.39 is 5.54 Å². The van der Waals surface area contributed by atoms with Crippen LogP contribution in [-0.4, -0.2) is 23.4 Å². The van der Waals surface area contributed by atoms with Crippen LogP contribution in [0, 0.1) is 0 Å². The van der Waals surface area contributed by atoms with E-state index in [0.29, 0.717) is 16.6 Å². The van der Waals surface area contributed by atoms with Crippen LogP contribution < -0.4 is 5.73 Å². The molecule has 0 heterocycles. The van der Waals surface area contributed by atoms with Gasteiger partial charge in [0.15, 0.2) is 0 Å². The number of rotatable bonds is 3. The third-order valence-corrected chi connectivity index (χ3v) is 2.68. The van der Waals surface area contributed by atoms with Gasteiger partial charge in [0.2, 0.25) is 5.91 Å². The molecule has 0 fully saturated rings. The smallest absolute Gasteiger partial charge is 0.242 e. The lowest BCUT2D eigenvalue weighted by atomic mass is 10.1. The summed E-state index contributed by atoms with van der Waals surface area (Å²) < 4.78 is 0. The highest BCUT2D eigenvalue weighted by atomic mass is 35.5. The summed E-state index contributed by atoms with van der Waals surface area (Å²) in [5, 5.41) is 1.11. The van der Waals surface area contributed by atoms with Gasteiger partial charge in [-0.15, -0.1) is 0 Å². The van der Waals surface area contributed by atoms with Crippen LogP contribution in [0.1, 0.15) is 19.4 Å². The molecule has 1 aromatic carbocycles. The molecule has 1 rings (SSSR count). The van der Waals surface area contributed by atoms with Gasteiger partial charge in [0, 0.05) is 23.6 Å². The lowest BCUT2D eigenvalue weighted by Gasteiger charge is -2.26. The third kappa shape index (κ3) is 4.19. The first-order chi connectivity index (χ1) is 7.70. The molecule has 17 heavy (non-hydrogen) atoms. The van der Waals surface area contributed by atoms with E-state index in [1.807, 2.05) is 0 Å². The number of amides is 1. The van der Waals surface area contributed by atoms with Crippen molar-refractivity contribution >= 4 is 29.1 Å². The Morgan fingerprint density at radius 2 is 1.76 bits per heavy atom. The zero-order valence-corrected chi connectivity index (χ0v) is 11.6. The molecule has 0 saturated carbocycles. The van der Waals surface area contributed by atoms with Crippen molar-refractivity contribution in [3.8, 4) is 0 Å². The average molecular weight is 275 g/mol. The Morgan fingerprint density at radius 1 is 1.29 bits per heavy atom. The molecule has 0 radical (unpaired) electrons. The lowest BCUT2D eigenvalue weighted by molar-refractivity contribution is -0.134. The van der Waals surface area contributed by atoms with Crippen molar-refractivity contribution in [1.82, 2.24) is 4.90 Å². The molecule has 94 valence electrons. The van der Waals surface area contributed by atoms with Gasteiger partial charge < -0.3 is 10.6 Å². The van der Waals surface area contributed by atoms with Gasteiger partial charge in [0.25, 0.3) is 0 Å². The van der Waals surface area contributed by atoms with Gasteiger partial charge in [0.1, 0.15) is 0 Å². The first-order valence-electron chi connectivity index (χ1n) is 5.19. The molecule has 0 aliphatic carbocycles. The number of halogens is 2. The van der Waals surface area contributed by atoms with Crippen LogP contribution in [0.5, 0.6) is 0 Å². The molecule has 0 saturated heterocycles. The topological polar surface area (TPSA) is 46.3 Å². The average Bonchev–Trinajstić information content (AvgIpc) is 2.13. The van der Waals surface area contributed by atoms with E-state index in [9.17, 15) is 4.79 Å². The van der Waals surface area contributed by atoms with Gasteiger partial charge >= 0.3 is 0 Å². The third-order valence-electron chi connectivity index (χ3n) is 2.24. The molecule has 0 aliphatic rings. The maximum absolute atomic E-state index is 11.9. The molecule has 0 atom stereocenters. The molecule has 0 aliphatic heterocycles. The highest BCUT2D eigenvalue weighted by molar-refractivity contribution is 6.34. The van der Waals surface area contributed by atoms with Crippen molar-refractivity contribution in [2.24, 2.45) is 5.73 Å². The van der Waals surface area contributed by atoms with Gasteiger partial charge in [0.05, 0.1) is 5.54 Å².